The molecule has 0 saturated heterocycles. The first-order valence-corrected chi connectivity index (χ1v) is 10.3. The standard InChI is InChI=1S/C22H24N4O2S/c1-4-14-26-21(27)20(23-19-9-7-6-8-17(19)5-2)24-25-22(26)29-15-16-10-12-18(28-3)13-11-16/h4,6-13H,1,5,14-15H2,2-3H3,(H,23,24). The minimum absolute atomic E-state index is 0.210. The second kappa shape index (κ2) is 9.93. The molecular weight excluding hydrogens is 384 g/mol. The molecule has 7 heteroatoms. The summed E-state index contributed by atoms with van der Waals surface area (Å²) in [6.45, 7) is 6.20. The summed E-state index contributed by atoms with van der Waals surface area (Å²) in [5.41, 5.74) is 2.87. The Morgan fingerprint density at radius 1 is 1.17 bits per heavy atom. The highest BCUT2D eigenvalue weighted by Gasteiger charge is 2.13. The molecule has 3 aromatic rings. The molecule has 1 heterocycles. The van der Waals surface area contributed by atoms with Crippen LogP contribution in [-0.4, -0.2) is 21.9 Å². The van der Waals surface area contributed by atoms with E-state index in [0.717, 1.165) is 29.0 Å². The van der Waals surface area contributed by atoms with Gasteiger partial charge in [0.25, 0.3) is 5.56 Å². The molecule has 0 spiro atoms. The zero-order chi connectivity index (χ0) is 20.6. The molecule has 0 fully saturated rings. The van der Waals surface area contributed by atoms with Gasteiger partial charge in [-0.15, -0.1) is 16.8 Å². The lowest BCUT2D eigenvalue weighted by Gasteiger charge is -2.13. The zero-order valence-corrected chi connectivity index (χ0v) is 17.4. The fourth-order valence-electron chi connectivity index (χ4n) is 2.83. The molecule has 0 amide bonds. The second-order valence-corrected chi connectivity index (χ2v) is 7.25. The summed E-state index contributed by atoms with van der Waals surface area (Å²) in [6, 6.07) is 15.7. The number of nitrogens with zero attached hydrogens (tertiary/aromatic N) is 3. The van der Waals surface area contributed by atoms with Gasteiger partial charge in [0.05, 0.1) is 7.11 Å². The molecule has 0 unspecified atom stereocenters. The molecule has 6 nitrogen and oxygen atoms in total. The van der Waals surface area contributed by atoms with Crippen LogP contribution in [0, 0.1) is 0 Å². The predicted octanol–water partition coefficient (Wildman–Crippen LogP) is 4.43. The molecule has 150 valence electrons. The maximum atomic E-state index is 13.0. The van der Waals surface area contributed by atoms with Crippen LogP contribution in [0.3, 0.4) is 0 Å². The van der Waals surface area contributed by atoms with Crippen molar-refractivity contribution in [2.75, 3.05) is 12.4 Å². The molecule has 2 aromatic carbocycles. The monoisotopic (exact) mass is 408 g/mol. The average Bonchev–Trinajstić information content (AvgIpc) is 2.76. The van der Waals surface area contributed by atoms with Gasteiger partial charge in [0.2, 0.25) is 5.82 Å². The smallest absolute Gasteiger partial charge is 0.297 e. The van der Waals surface area contributed by atoms with Crippen molar-refractivity contribution in [3.05, 3.63) is 82.7 Å². The largest absolute Gasteiger partial charge is 0.497 e. The highest BCUT2D eigenvalue weighted by molar-refractivity contribution is 7.98. The number of aromatic nitrogens is 3. The normalized spacial score (nSPS) is 10.6. The van der Waals surface area contributed by atoms with Crippen molar-refractivity contribution in [3.63, 3.8) is 0 Å². The molecule has 0 aliphatic rings. The molecule has 3 rings (SSSR count). The minimum atomic E-state index is -0.219. The van der Waals surface area contributed by atoms with E-state index in [1.165, 1.54) is 11.8 Å². The number of aryl methyl sites for hydroxylation is 1. The summed E-state index contributed by atoms with van der Waals surface area (Å²) in [4.78, 5) is 13.0. The van der Waals surface area contributed by atoms with E-state index in [1.807, 2.05) is 48.5 Å². The summed E-state index contributed by atoms with van der Waals surface area (Å²) in [6.07, 6.45) is 2.54. The van der Waals surface area contributed by atoms with Crippen LogP contribution in [-0.2, 0) is 18.7 Å². The number of nitrogens with one attached hydrogen (secondary N) is 1. The highest BCUT2D eigenvalue weighted by atomic mass is 32.2. The Morgan fingerprint density at radius 3 is 2.62 bits per heavy atom. The summed E-state index contributed by atoms with van der Waals surface area (Å²) < 4.78 is 6.77. The van der Waals surface area contributed by atoms with Crippen molar-refractivity contribution < 1.29 is 4.74 Å². The van der Waals surface area contributed by atoms with Gasteiger partial charge in [-0.3, -0.25) is 9.36 Å². The quantitative estimate of drug-likeness (QED) is 0.417. The van der Waals surface area contributed by atoms with E-state index in [0.29, 0.717) is 17.5 Å². The van der Waals surface area contributed by atoms with Gasteiger partial charge in [-0.2, -0.15) is 0 Å². The van der Waals surface area contributed by atoms with Gasteiger partial charge >= 0.3 is 0 Å². The number of para-hydroxylation sites is 1. The van der Waals surface area contributed by atoms with E-state index >= 15 is 0 Å². The fraction of sp³-hybridized carbons (Fsp3) is 0.227. The third-order valence-electron chi connectivity index (χ3n) is 4.40. The molecule has 0 radical (unpaired) electrons. The van der Waals surface area contributed by atoms with Crippen LogP contribution < -0.4 is 15.6 Å². The van der Waals surface area contributed by atoms with Gasteiger partial charge in [-0.25, -0.2) is 0 Å². The van der Waals surface area contributed by atoms with E-state index in [9.17, 15) is 4.79 Å². The molecule has 0 saturated carbocycles. The molecule has 1 aromatic heterocycles. The third-order valence-corrected chi connectivity index (χ3v) is 5.44. The van der Waals surface area contributed by atoms with E-state index in [-0.39, 0.29) is 11.4 Å². The lowest BCUT2D eigenvalue weighted by molar-refractivity contribution is 0.414. The van der Waals surface area contributed by atoms with Crippen LogP contribution in [0.15, 0.2) is 71.1 Å². The summed E-state index contributed by atoms with van der Waals surface area (Å²) in [7, 11) is 1.64. The molecule has 0 aliphatic heterocycles. The number of hydrogen-bond acceptors (Lipinski definition) is 6. The summed E-state index contributed by atoms with van der Waals surface area (Å²) >= 11 is 1.46. The Labute approximate surface area is 174 Å². The molecule has 29 heavy (non-hydrogen) atoms. The van der Waals surface area contributed by atoms with Gasteiger partial charge in [-0.05, 0) is 35.7 Å². The van der Waals surface area contributed by atoms with Crippen LogP contribution in [0.5, 0.6) is 5.75 Å². The molecule has 0 bridgehead atoms. The number of allylic oxidation sites excluding steroid dienone is 1. The van der Waals surface area contributed by atoms with E-state index in [4.69, 9.17) is 4.74 Å². The lowest BCUT2D eigenvalue weighted by atomic mass is 10.1. The van der Waals surface area contributed by atoms with Crippen molar-refractivity contribution in [1.82, 2.24) is 14.8 Å². The number of methoxy groups -OCH3 is 1. The summed E-state index contributed by atoms with van der Waals surface area (Å²) in [5.74, 6) is 1.69. The van der Waals surface area contributed by atoms with Crippen molar-refractivity contribution in [2.24, 2.45) is 0 Å². The first kappa shape index (κ1) is 20.7. The number of benzene rings is 2. The van der Waals surface area contributed by atoms with Gasteiger partial charge in [-0.1, -0.05) is 55.1 Å². The SMILES string of the molecule is C=CCn1c(SCc2ccc(OC)cc2)nnc(Nc2ccccc2CC)c1=O. The average molecular weight is 409 g/mol. The van der Waals surface area contributed by atoms with Crippen LogP contribution in [0.1, 0.15) is 18.1 Å². The van der Waals surface area contributed by atoms with Gasteiger partial charge in [0, 0.05) is 18.0 Å². The van der Waals surface area contributed by atoms with E-state index < -0.39 is 0 Å². The van der Waals surface area contributed by atoms with E-state index in [2.05, 4.69) is 29.0 Å². The van der Waals surface area contributed by atoms with Crippen molar-refractivity contribution in [1.29, 1.82) is 0 Å². The maximum Gasteiger partial charge on any atom is 0.297 e. The number of ether oxygens (including phenoxy) is 1. The molecular formula is C22H24N4O2S. The van der Waals surface area contributed by atoms with Gasteiger partial charge in [0.15, 0.2) is 5.16 Å². The van der Waals surface area contributed by atoms with Crippen LogP contribution in [0.4, 0.5) is 11.5 Å². The van der Waals surface area contributed by atoms with E-state index in [1.54, 1.807) is 17.8 Å². The number of hydrogen-bond donors (Lipinski definition) is 1. The Hall–Kier alpha value is -3.06. The van der Waals surface area contributed by atoms with Crippen molar-refractivity contribution in [2.45, 2.75) is 30.8 Å². The van der Waals surface area contributed by atoms with Crippen LogP contribution in [0.25, 0.3) is 0 Å². The Morgan fingerprint density at radius 2 is 1.93 bits per heavy atom. The van der Waals surface area contributed by atoms with Crippen LogP contribution in [0.2, 0.25) is 0 Å². The minimum Gasteiger partial charge on any atom is -0.497 e. The first-order valence-electron chi connectivity index (χ1n) is 9.35. The Kier molecular flexibility index (Phi) is 7.08. The lowest BCUT2D eigenvalue weighted by Crippen LogP contribution is -2.26. The summed E-state index contributed by atoms with van der Waals surface area (Å²) in [5, 5.41) is 12.2. The van der Waals surface area contributed by atoms with Gasteiger partial charge < -0.3 is 10.1 Å². The maximum absolute atomic E-state index is 13.0. The topological polar surface area (TPSA) is 69.0 Å². The molecule has 1 N–H and O–H groups in total. The predicted molar refractivity (Wildman–Crippen MR) is 118 cm³/mol. The highest BCUT2D eigenvalue weighted by Crippen LogP contribution is 2.23. The first-order chi connectivity index (χ1) is 14.2. The Balaban J connectivity index is 1.84. The van der Waals surface area contributed by atoms with Crippen molar-refractivity contribution >= 4 is 23.3 Å². The molecule has 0 atom stereocenters. The fourth-order valence-corrected chi connectivity index (χ4v) is 3.73. The number of rotatable bonds is 9. The zero-order valence-electron chi connectivity index (χ0n) is 16.6. The van der Waals surface area contributed by atoms with Crippen LogP contribution >= 0.6 is 11.8 Å². The molecule has 0 aliphatic carbocycles. The number of anilines is 2. The third kappa shape index (κ3) is 5.06. The van der Waals surface area contributed by atoms with Gasteiger partial charge in [0.1, 0.15) is 5.75 Å². The van der Waals surface area contributed by atoms with Crippen molar-refractivity contribution in [3.8, 4) is 5.75 Å². The second-order valence-electron chi connectivity index (χ2n) is 6.31. The number of thioether (sulfide) groups is 1. The Bertz CT molecular complexity index is 1030.